The van der Waals surface area contributed by atoms with Gasteiger partial charge in [-0.05, 0) is 29.9 Å². The van der Waals surface area contributed by atoms with E-state index in [1.54, 1.807) is 24.2 Å². The van der Waals surface area contributed by atoms with Crippen LogP contribution in [0.15, 0.2) is 24.5 Å². The standard InChI is InChI=1S/C10H15NOS/c1-2-13-8-10(12)7-9-3-5-11-6-4-9/h3-6,10,12H,2,7-8H2,1H3. The van der Waals surface area contributed by atoms with Gasteiger partial charge < -0.3 is 5.11 Å². The minimum atomic E-state index is -0.229. The summed E-state index contributed by atoms with van der Waals surface area (Å²) < 4.78 is 0. The summed E-state index contributed by atoms with van der Waals surface area (Å²) in [5.74, 6) is 1.88. The van der Waals surface area contributed by atoms with E-state index in [-0.39, 0.29) is 6.10 Å². The fourth-order valence-electron chi connectivity index (χ4n) is 1.10. The Hall–Kier alpha value is -0.540. The lowest BCUT2D eigenvalue weighted by atomic mass is 10.1. The highest BCUT2D eigenvalue weighted by Crippen LogP contribution is 2.07. The molecule has 1 unspecified atom stereocenters. The monoisotopic (exact) mass is 197 g/mol. The first-order chi connectivity index (χ1) is 6.33. The molecule has 1 aromatic heterocycles. The maximum atomic E-state index is 9.59. The highest BCUT2D eigenvalue weighted by Gasteiger charge is 2.04. The SMILES string of the molecule is CCSCC(O)Cc1ccncc1. The number of hydrogen-bond donors (Lipinski definition) is 1. The summed E-state index contributed by atoms with van der Waals surface area (Å²) >= 11 is 1.77. The molecule has 72 valence electrons. The van der Waals surface area contributed by atoms with Crippen LogP contribution in [0.4, 0.5) is 0 Å². The van der Waals surface area contributed by atoms with E-state index in [1.165, 1.54) is 0 Å². The second kappa shape index (κ2) is 6.00. The third-order valence-electron chi connectivity index (χ3n) is 1.74. The second-order valence-electron chi connectivity index (χ2n) is 2.87. The molecule has 13 heavy (non-hydrogen) atoms. The van der Waals surface area contributed by atoms with E-state index in [2.05, 4.69) is 11.9 Å². The maximum Gasteiger partial charge on any atom is 0.0670 e. The molecule has 0 fully saturated rings. The van der Waals surface area contributed by atoms with Gasteiger partial charge in [0, 0.05) is 18.1 Å². The van der Waals surface area contributed by atoms with Gasteiger partial charge in [0.15, 0.2) is 0 Å². The van der Waals surface area contributed by atoms with Crippen molar-refractivity contribution < 1.29 is 5.11 Å². The first-order valence-electron chi connectivity index (χ1n) is 4.47. The number of rotatable bonds is 5. The Balaban J connectivity index is 2.32. The first-order valence-corrected chi connectivity index (χ1v) is 5.63. The summed E-state index contributed by atoms with van der Waals surface area (Å²) in [6.07, 6.45) is 4.02. The van der Waals surface area contributed by atoms with E-state index in [1.807, 2.05) is 12.1 Å². The molecule has 1 aromatic rings. The third kappa shape index (κ3) is 4.29. The van der Waals surface area contributed by atoms with Crippen LogP contribution in [-0.4, -0.2) is 27.7 Å². The Morgan fingerprint density at radius 1 is 1.46 bits per heavy atom. The van der Waals surface area contributed by atoms with Crippen molar-refractivity contribution >= 4 is 11.8 Å². The molecular weight excluding hydrogens is 182 g/mol. The number of hydrogen-bond acceptors (Lipinski definition) is 3. The molecule has 0 saturated carbocycles. The average molecular weight is 197 g/mol. The van der Waals surface area contributed by atoms with Crippen LogP contribution >= 0.6 is 11.8 Å². The van der Waals surface area contributed by atoms with Crippen molar-refractivity contribution in [3.8, 4) is 0 Å². The molecule has 0 saturated heterocycles. The lowest BCUT2D eigenvalue weighted by molar-refractivity contribution is 0.200. The van der Waals surface area contributed by atoms with E-state index >= 15 is 0 Å². The van der Waals surface area contributed by atoms with E-state index in [9.17, 15) is 5.11 Å². The molecule has 1 N–H and O–H groups in total. The molecule has 0 amide bonds. The molecule has 1 heterocycles. The predicted molar refractivity (Wildman–Crippen MR) is 56.9 cm³/mol. The molecule has 0 bridgehead atoms. The third-order valence-corrected chi connectivity index (χ3v) is 2.76. The molecule has 0 aromatic carbocycles. The molecule has 0 spiro atoms. The topological polar surface area (TPSA) is 33.1 Å². The molecular formula is C10H15NOS. The van der Waals surface area contributed by atoms with Crippen molar-refractivity contribution in [2.45, 2.75) is 19.4 Å². The van der Waals surface area contributed by atoms with Gasteiger partial charge in [0.05, 0.1) is 6.10 Å². The molecule has 1 atom stereocenters. The van der Waals surface area contributed by atoms with Crippen molar-refractivity contribution in [3.63, 3.8) is 0 Å². The van der Waals surface area contributed by atoms with Gasteiger partial charge in [-0.15, -0.1) is 0 Å². The quantitative estimate of drug-likeness (QED) is 0.780. The predicted octanol–water partition coefficient (Wildman–Crippen LogP) is 1.74. The smallest absolute Gasteiger partial charge is 0.0670 e. The van der Waals surface area contributed by atoms with Crippen LogP contribution in [0.3, 0.4) is 0 Å². The van der Waals surface area contributed by atoms with Crippen LogP contribution in [0.25, 0.3) is 0 Å². The average Bonchev–Trinajstić information content (AvgIpc) is 2.16. The van der Waals surface area contributed by atoms with Gasteiger partial charge >= 0.3 is 0 Å². The van der Waals surface area contributed by atoms with Crippen LogP contribution in [0.5, 0.6) is 0 Å². The van der Waals surface area contributed by atoms with Gasteiger partial charge in [-0.25, -0.2) is 0 Å². The summed E-state index contributed by atoms with van der Waals surface area (Å²) in [4.78, 5) is 3.93. The molecule has 2 nitrogen and oxygen atoms in total. The summed E-state index contributed by atoms with van der Waals surface area (Å²) in [5, 5.41) is 9.59. The van der Waals surface area contributed by atoms with E-state index in [0.717, 1.165) is 23.5 Å². The Labute approximate surface area is 83.4 Å². The molecule has 0 aliphatic heterocycles. The zero-order valence-corrected chi connectivity index (χ0v) is 8.63. The van der Waals surface area contributed by atoms with Gasteiger partial charge in [-0.3, -0.25) is 4.98 Å². The fraction of sp³-hybridized carbons (Fsp3) is 0.500. The normalized spacial score (nSPS) is 12.8. The summed E-state index contributed by atoms with van der Waals surface area (Å²) in [5.41, 5.74) is 1.15. The first kappa shape index (κ1) is 10.5. The number of aromatic nitrogens is 1. The van der Waals surface area contributed by atoms with E-state index in [4.69, 9.17) is 0 Å². The lowest BCUT2D eigenvalue weighted by Gasteiger charge is -2.08. The van der Waals surface area contributed by atoms with Gasteiger partial charge in [0.25, 0.3) is 0 Å². The van der Waals surface area contributed by atoms with Crippen molar-refractivity contribution in [3.05, 3.63) is 30.1 Å². The molecule has 3 heteroatoms. The highest BCUT2D eigenvalue weighted by molar-refractivity contribution is 7.99. The Morgan fingerprint density at radius 3 is 2.77 bits per heavy atom. The van der Waals surface area contributed by atoms with Crippen molar-refractivity contribution in [1.29, 1.82) is 0 Å². The Morgan fingerprint density at radius 2 is 2.15 bits per heavy atom. The van der Waals surface area contributed by atoms with Gasteiger partial charge in [-0.1, -0.05) is 6.92 Å². The fourth-order valence-corrected chi connectivity index (χ4v) is 1.73. The number of pyridine rings is 1. The van der Waals surface area contributed by atoms with Gasteiger partial charge in [-0.2, -0.15) is 11.8 Å². The van der Waals surface area contributed by atoms with E-state index < -0.39 is 0 Å². The molecule has 1 rings (SSSR count). The van der Waals surface area contributed by atoms with Gasteiger partial charge in [0.2, 0.25) is 0 Å². The van der Waals surface area contributed by atoms with Crippen LogP contribution in [0.1, 0.15) is 12.5 Å². The van der Waals surface area contributed by atoms with Crippen LogP contribution in [0.2, 0.25) is 0 Å². The van der Waals surface area contributed by atoms with Crippen molar-refractivity contribution in [2.75, 3.05) is 11.5 Å². The summed E-state index contributed by atoms with van der Waals surface area (Å²) in [6, 6.07) is 3.89. The van der Waals surface area contributed by atoms with Crippen molar-refractivity contribution in [2.24, 2.45) is 0 Å². The van der Waals surface area contributed by atoms with Crippen LogP contribution in [0, 0.1) is 0 Å². The molecule has 0 aliphatic rings. The number of nitrogens with zero attached hydrogens (tertiary/aromatic N) is 1. The zero-order chi connectivity index (χ0) is 9.52. The molecule has 0 aliphatic carbocycles. The molecule has 0 radical (unpaired) electrons. The zero-order valence-electron chi connectivity index (χ0n) is 7.81. The van der Waals surface area contributed by atoms with Gasteiger partial charge in [0.1, 0.15) is 0 Å². The van der Waals surface area contributed by atoms with E-state index in [0.29, 0.717) is 0 Å². The minimum Gasteiger partial charge on any atom is -0.392 e. The Bertz CT molecular complexity index is 228. The van der Waals surface area contributed by atoms with Crippen LogP contribution < -0.4 is 0 Å². The largest absolute Gasteiger partial charge is 0.392 e. The van der Waals surface area contributed by atoms with Crippen molar-refractivity contribution in [1.82, 2.24) is 4.98 Å². The lowest BCUT2D eigenvalue weighted by Crippen LogP contribution is -2.13. The highest BCUT2D eigenvalue weighted by atomic mass is 32.2. The second-order valence-corrected chi connectivity index (χ2v) is 4.19. The van der Waals surface area contributed by atoms with Crippen LogP contribution in [-0.2, 0) is 6.42 Å². The minimum absolute atomic E-state index is 0.229. The number of thioether (sulfide) groups is 1. The summed E-state index contributed by atoms with van der Waals surface area (Å²) in [6.45, 7) is 2.10. The number of aliphatic hydroxyl groups is 1. The maximum absolute atomic E-state index is 9.59. The number of aliphatic hydroxyl groups excluding tert-OH is 1. The Kier molecular flexibility index (Phi) is 4.86. The summed E-state index contributed by atoms with van der Waals surface area (Å²) in [7, 11) is 0.